The Morgan fingerprint density at radius 3 is 2.95 bits per heavy atom. The summed E-state index contributed by atoms with van der Waals surface area (Å²) in [6, 6.07) is 5.92. The lowest BCUT2D eigenvalue weighted by Crippen LogP contribution is -2.02. The second-order valence-electron chi connectivity index (χ2n) is 5.19. The van der Waals surface area contributed by atoms with Gasteiger partial charge in [-0.05, 0) is 48.9 Å². The molecule has 20 heavy (non-hydrogen) atoms. The van der Waals surface area contributed by atoms with Crippen LogP contribution in [0.3, 0.4) is 0 Å². The quantitative estimate of drug-likeness (QED) is 0.865. The van der Waals surface area contributed by atoms with Crippen molar-refractivity contribution in [1.82, 2.24) is 9.97 Å². The Bertz CT molecular complexity index is 625. The number of ether oxygens (including phenoxy) is 1. The molecule has 0 saturated heterocycles. The number of hydrogen-bond donors (Lipinski definition) is 1. The predicted molar refractivity (Wildman–Crippen MR) is 78.9 cm³/mol. The average Bonchev–Trinajstić information content (AvgIpc) is 2.92. The molecule has 1 heterocycles. The number of benzene rings is 1. The largest absolute Gasteiger partial charge is 0.495 e. The Balaban J connectivity index is 1.69. The van der Waals surface area contributed by atoms with Gasteiger partial charge in [-0.15, -0.1) is 0 Å². The van der Waals surface area contributed by atoms with Crippen molar-refractivity contribution in [2.45, 2.75) is 32.1 Å². The second kappa shape index (κ2) is 5.49. The second-order valence-corrected chi connectivity index (χ2v) is 5.19. The number of rotatable bonds is 4. The molecule has 2 N–H and O–H groups in total. The number of aryl methyl sites for hydroxylation is 4. The minimum Gasteiger partial charge on any atom is -0.495 e. The predicted octanol–water partition coefficient (Wildman–Crippen LogP) is 2.34. The first kappa shape index (κ1) is 12.9. The number of anilines is 1. The highest BCUT2D eigenvalue weighted by Crippen LogP contribution is 2.23. The van der Waals surface area contributed by atoms with Gasteiger partial charge in [0, 0.05) is 18.3 Å². The number of nitrogens with two attached hydrogens (primary N) is 1. The van der Waals surface area contributed by atoms with Crippen molar-refractivity contribution in [2.24, 2.45) is 0 Å². The van der Waals surface area contributed by atoms with Crippen LogP contribution in [0.25, 0.3) is 0 Å². The van der Waals surface area contributed by atoms with Crippen LogP contribution in [-0.2, 0) is 25.7 Å². The molecule has 1 aliphatic carbocycles. The van der Waals surface area contributed by atoms with Crippen molar-refractivity contribution >= 4 is 5.69 Å². The molecule has 104 valence electrons. The molecule has 0 aliphatic heterocycles. The molecule has 0 amide bonds. The van der Waals surface area contributed by atoms with Crippen LogP contribution in [0, 0.1) is 0 Å². The zero-order chi connectivity index (χ0) is 13.9. The fraction of sp³-hybridized carbons (Fsp3) is 0.375. The lowest BCUT2D eigenvalue weighted by molar-refractivity contribution is 0.417. The molecule has 0 unspecified atom stereocenters. The third kappa shape index (κ3) is 2.59. The Morgan fingerprint density at radius 1 is 1.25 bits per heavy atom. The van der Waals surface area contributed by atoms with E-state index in [4.69, 9.17) is 10.5 Å². The Kier molecular flexibility index (Phi) is 3.54. The molecule has 1 aromatic carbocycles. The zero-order valence-corrected chi connectivity index (χ0v) is 11.7. The van der Waals surface area contributed by atoms with E-state index in [0.29, 0.717) is 5.69 Å². The first-order valence-electron chi connectivity index (χ1n) is 7.02. The van der Waals surface area contributed by atoms with E-state index >= 15 is 0 Å². The van der Waals surface area contributed by atoms with E-state index in [1.54, 1.807) is 7.11 Å². The third-order valence-corrected chi connectivity index (χ3v) is 3.80. The van der Waals surface area contributed by atoms with Crippen LogP contribution in [0.5, 0.6) is 5.75 Å². The van der Waals surface area contributed by atoms with E-state index in [2.05, 4.69) is 9.97 Å². The lowest BCUT2D eigenvalue weighted by Gasteiger charge is -2.07. The van der Waals surface area contributed by atoms with Gasteiger partial charge in [0.15, 0.2) is 0 Å². The molecule has 0 spiro atoms. The summed E-state index contributed by atoms with van der Waals surface area (Å²) in [5.41, 5.74) is 10.3. The Hall–Kier alpha value is -2.10. The van der Waals surface area contributed by atoms with Crippen LogP contribution in [-0.4, -0.2) is 17.1 Å². The van der Waals surface area contributed by atoms with E-state index in [1.165, 1.54) is 23.2 Å². The Labute approximate surface area is 119 Å². The summed E-state index contributed by atoms with van der Waals surface area (Å²) in [5, 5.41) is 0. The molecular weight excluding hydrogens is 250 g/mol. The molecule has 0 saturated carbocycles. The molecule has 3 rings (SSSR count). The van der Waals surface area contributed by atoms with E-state index in [-0.39, 0.29) is 0 Å². The maximum Gasteiger partial charge on any atom is 0.141 e. The van der Waals surface area contributed by atoms with Gasteiger partial charge in [-0.3, -0.25) is 0 Å². The monoisotopic (exact) mass is 269 g/mol. The van der Waals surface area contributed by atoms with Gasteiger partial charge >= 0.3 is 0 Å². The highest BCUT2D eigenvalue weighted by Gasteiger charge is 2.13. The summed E-state index contributed by atoms with van der Waals surface area (Å²) in [6.45, 7) is 0. The molecule has 0 atom stereocenters. The molecule has 0 radical (unpaired) electrons. The van der Waals surface area contributed by atoms with Crippen molar-refractivity contribution in [3.63, 3.8) is 0 Å². The number of nitrogen functional groups attached to an aromatic ring is 1. The van der Waals surface area contributed by atoms with E-state index in [9.17, 15) is 0 Å². The summed E-state index contributed by atoms with van der Waals surface area (Å²) < 4.78 is 5.16. The van der Waals surface area contributed by atoms with Gasteiger partial charge in [-0.25, -0.2) is 9.97 Å². The zero-order valence-electron chi connectivity index (χ0n) is 11.7. The molecule has 1 aromatic heterocycles. The highest BCUT2D eigenvalue weighted by molar-refractivity contribution is 5.54. The topological polar surface area (TPSA) is 61.0 Å². The average molecular weight is 269 g/mol. The van der Waals surface area contributed by atoms with Gasteiger partial charge in [0.2, 0.25) is 0 Å². The summed E-state index contributed by atoms with van der Waals surface area (Å²) in [7, 11) is 1.63. The molecular formula is C16H19N3O. The summed E-state index contributed by atoms with van der Waals surface area (Å²) in [4.78, 5) is 9.11. The maximum atomic E-state index is 5.92. The number of nitrogens with zero attached hydrogens (tertiary/aromatic N) is 2. The van der Waals surface area contributed by atoms with E-state index in [0.717, 1.165) is 37.3 Å². The van der Waals surface area contributed by atoms with Crippen LogP contribution in [0.1, 0.15) is 29.1 Å². The van der Waals surface area contributed by atoms with Gasteiger partial charge in [0.1, 0.15) is 11.6 Å². The lowest BCUT2D eigenvalue weighted by atomic mass is 10.1. The van der Waals surface area contributed by atoms with Crippen molar-refractivity contribution in [1.29, 1.82) is 0 Å². The first-order chi connectivity index (χ1) is 9.76. The summed E-state index contributed by atoms with van der Waals surface area (Å²) >= 11 is 0. The minimum absolute atomic E-state index is 0.680. The standard InChI is InChI=1S/C16H19N3O/c1-20-15-7-5-11(9-13(15)17)6-8-16-18-10-12-3-2-4-14(12)19-16/h5,7,9-10H,2-4,6,8,17H2,1H3. The number of hydrogen-bond acceptors (Lipinski definition) is 4. The maximum absolute atomic E-state index is 5.92. The van der Waals surface area contributed by atoms with Crippen molar-refractivity contribution in [3.8, 4) is 5.75 Å². The number of fused-ring (bicyclic) bond motifs is 1. The van der Waals surface area contributed by atoms with E-state index in [1.807, 2.05) is 24.4 Å². The molecule has 1 aliphatic rings. The van der Waals surface area contributed by atoms with Gasteiger partial charge in [-0.2, -0.15) is 0 Å². The number of methoxy groups -OCH3 is 1. The van der Waals surface area contributed by atoms with Crippen molar-refractivity contribution in [2.75, 3.05) is 12.8 Å². The van der Waals surface area contributed by atoms with Gasteiger partial charge in [0.25, 0.3) is 0 Å². The van der Waals surface area contributed by atoms with Gasteiger partial charge < -0.3 is 10.5 Å². The summed E-state index contributed by atoms with van der Waals surface area (Å²) in [6.07, 6.45) is 7.17. The van der Waals surface area contributed by atoms with Crippen LogP contribution in [0.15, 0.2) is 24.4 Å². The highest BCUT2D eigenvalue weighted by atomic mass is 16.5. The normalized spacial score (nSPS) is 13.2. The van der Waals surface area contributed by atoms with Gasteiger partial charge in [0.05, 0.1) is 12.8 Å². The fourth-order valence-electron chi connectivity index (χ4n) is 2.67. The molecule has 4 heteroatoms. The molecule has 4 nitrogen and oxygen atoms in total. The SMILES string of the molecule is COc1ccc(CCc2ncc3c(n2)CCC3)cc1N. The molecule has 0 fully saturated rings. The third-order valence-electron chi connectivity index (χ3n) is 3.80. The molecule has 2 aromatic rings. The molecule has 0 bridgehead atoms. The van der Waals surface area contributed by atoms with Gasteiger partial charge in [-0.1, -0.05) is 6.07 Å². The van der Waals surface area contributed by atoms with Crippen LogP contribution < -0.4 is 10.5 Å². The van der Waals surface area contributed by atoms with Crippen LogP contribution in [0.2, 0.25) is 0 Å². The van der Waals surface area contributed by atoms with Crippen LogP contribution >= 0.6 is 0 Å². The fourth-order valence-corrected chi connectivity index (χ4v) is 2.67. The Morgan fingerprint density at radius 2 is 2.15 bits per heavy atom. The van der Waals surface area contributed by atoms with Crippen molar-refractivity contribution in [3.05, 3.63) is 47.0 Å². The van der Waals surface area contributed by atoms with Crippen LogP contribution in [0.4, 0.5) is 5.69 Å². The van der Waals surface area contributed by atoms with Crippen molar-refractivity contribution < 1.29 is 4.74 Å². The summed E-state index contributed by atoms with van der Waals surface area (Å²) in [5.74, 6) is 1.66. The number of aromatic nitrogens is 2. The first-order valence-corrected chi connectivity index (χ1v) is 7.02. The minimum atomic E-state index is 0.680. The van der Waals surface area contributed by atoms with E-state index < -0.39 is 0 Å². The smallest absolute Gasteiger partial charge is 0.141 e.